The molecule has 0 spiro atoms. The molecule has 0 bridgehead atoms. The molecule has 1 aliphatic rings. The van der Waals surface area contributed by atoms with E-state index in [9.17, 15) is 4.39 Å². The molecule has 13 heavy (non-hydrogen) atoms. The van der Waals surface area contributed by atoms with Gasteiger partial charge >= 0.3 is 0 Å². The molecule has 0 aromatic rings. The van der Waals surface area contributed by atoms with Crippen LogP contribution in [0.3, 0.4) is 0 Å². The van der Waals surface area contributed by atoms with Crippen LogP contribution in [0.1, 0.15) is 0 Å². The number of hydrogen-bond donors (Lipinski definition) is 1. The quantitative estimate of drug-likeness (QED) is 0.617. The third kappa shape index (κ3) is 3.58. The largest absolute Gasteiger partial charge is 0.313 e. The average Bonchev–Trinajstić information content (AvgIpc) is 2.11. The second-order valence-corrected chi connectivity index (χ2v) is 3.79. The molecular weight excluding hydrogens is 169 g/mol. The van der Waals surface area contributed by atoms with E-state index in [0.717, 1.165) is 26.2 Å². The van der Waals surface area contributed by atoms with E-state index in [1.165, 1.54) is 0 Å². The Morgan fingerprint density at radius 1 is 1.38 bits per heavy atom. The number of likely N-dealkylation sites (N-methyl/N-ethyl adjacent to an activating group) is 2. The Bertz CT molecular complexity index is 143. The van der Waals surface area contributed by atoms with Gasteiger partial charge in [0, 0.05) is 38.8 Å². The monoisotopic (exact) mass is 189 g/mol. The molecule has 0 aliphatic carbocycles. The molecular formula is C9H20FN3. The Hall–Kier alpha value is -0.190. The van der Waals surface area contributed by atoms with Crippen LogP contribution in [0.25, 0.3) is 0 Å². The summed E-state index contributed by atoms with van der Waals surface area (Å²) in [6.45, 7) is 4.43. The first-order valence-corrected chi connectivity index (χ1v) is 4.89. The fraction of sp³-hybridized carbons (Fsp3) is 1.00. The van der Waals surface area contributed by atoms with Crippen molar-refractivity contribution >= 4 is 0 Å². The number of rotatable bonds is 4. The summed E-state index contributed by atoms with van der Waals surface area (Å²) in [6.07, 6.45) is 0. The van der Waals surface area contributed by atoms with Crippen molar-refractivity contribution in [3.63, 3.8) is 0 Å². The number of alkyl halides is 1. The molecule has 1 N–H and O–H groups in total. The fourth-order valence-corrected chi connectivity index (χ4v) is 1.66. The maximum absolute atomic E-state index is 11.8. The number of halogens is 1. The number of nitrogens with zero attached hydrogens (tertiary/aromatic N) is 2. The molecule has 78 valence electrons. The van der Waals surface area contributed by atoms with Crippen LogP contribution in [0.4, 0.5) is 4.39 Å². The third-order valence-corrected chi connectivity index (χ3v) is 2.63. The van der Waals surface area contributed by atoms with Crippen molar-refractivity contribution in [2.24, 2.45) is 0 Å². The molecule has 0 radical (unpaired) electrons. The fourth-order valence-electron chi connectivity index (χ4n) is 1.66. The molecule has 0 amide bonds. The summed E-state index contributed by atoms with van der Waals surface area (Å²) in [5.74, 6) is 0. The summed E-state index contributed by atoms with van der Waals surface area (Å²) in [5.41, 5.74) is 0. The second kappa shape index (κ2) is 5.52. The zero-order valence-electron chi connectivity index (χ0n) is 8.59. The summed E-state index contributed by atoms with van der Waals surface area (Å²) in [7, 11) is 4.27. The Labute approximate surface area is 79.9 Å². The molecule has 4 heteroatoms. The van der Waals surface area contributed by atoms with Gasteiger partial charge in [-0.25, -0.2) is 4.39 Å². The van der Waals surface area contributed by atoms with E-state index in [0.29, 0.717) is 12.6 Å². The number of nitrogens with one attached hydrogen (secondary N) is 1. The first-order valence-electron chi connectivity index (χ1n) is 4.89. The van der Waals surface area contributed by atoms with Crippen LogP contribution in [0.15, 0.2) is 0 Å². The van der Waals surface area contributed by atoms with E-state index in [2.05, 4.69) is 29.2 Å². The van der Waals surface area contributed by atoms with Crippen LogP contribution >= 0.6 is 0 Å². The molecule has 1 aliphatic heterocycles. The Morgan fingerprint density at radius 2 is 2.15 bits per heavy atom. The van der Waals surface area contributed by atoms with E-state index >= 15 is 0 Å². The van der Waals surface area contributed by atoms with Gasteiger partial charge in [-0.15, -0.1) is 0 Å². The standard InChI is InChI=1S/C9H20FN3/c1-12-5-6-13(2)9(8-12)7-11-4-3-10/h9,11H,3-8H2,1-2H3. The van der Waals surface area contributed by atoms with E-state index in [1.54, 1.807) is 0 Å². The predicted octanol–water partition coefficient (Wildman–Crippen LogP) is -0.209. The first-order chi connectivity index (χ1) is 6.24. The Morgan fingerprint density at radius 3 is 2.85 bits per heavy atom. The maximum atomic E-state index is 11.8. The topological polar surface area (TPSA) is 18.5 Å². The number of hydrogen-bond acceptors (Lipinski definition) is 3. The van der Waals surface area contributed by atoms with Crippen LogP contribution in [-0.2, 0) is 0 Å². The zero-order valence-corrected chi connectivity index (χ0v) is 8.59. The van der Waals surface area contributed by atoms with Crippen molar-refractivity contribution in [1.29, 1.82) is 0 Å². The summed E-state index contributed by atoms with van der Waals surface area (Å²) >= 11 is 0. The van der Waals surface area contributed by atoms with Crippen molar-refractivity contribution in [2.75, 3.05) is 53.5 Å². The Balaban J connectivity index is 2.21. The van der Waals surface area contributed by atoms with Crippen LogP contribution < -0.4 is 5.32 Å². The lowest BCUT2D eigenvalue weighted by Crippen LogP contribution is -2.53. The highest BCUT2D eigenvalue weighted by molar-refractivity contribution is 4.79. The van der Waals surface area contributed by atoms with Gasteiger partial charge in [-0.2, -0.15) is 0 Å². The minimum absolute atomic E-state index is 0.272. The van der Waals surface area contributed by atoms with Crippen LogP contribution in [-0.4, -0.2) is 69.3 Å². The zero-order chi connectivity index (χ0) is 9.68. The maximum Gasteiger partial charge on any atom is 0.102 e. The molecule has 3 nitrogen and oxygen atoms in total. The van der Waals surface area contributed by atoms with E-state index in [1.807, 2.05) is 0 Å². The van der Waals surface area contributed by atoms with Gasteiger partial charge in [0.1, 0.15) is 6.67 Å². The van der Waals surface area contributed by atoms with Crippen molar-refractivity contribution in [2.45, 2.75) is 6.04 Å². The van der Waals surface area contributed by atoms with Crippen molar-refractivity contribution < 1.29 is 4.39 Å². The van der Waals surface area contributed by atoms with E-state index in [4.69, 9.17) is 0 Å². The molecule has 1 heterocycles. The second-order valence-electron chi connectivity index (χ2n) is 3.79. The van der Waals surface area contributed by atoms with Gasteiger partial charge in [0.25, 0.3) is 0 Å². The van der Waals surface area contributed by atoms with Gasteiger partial charge in [0.05, 0.1) is 0 Å². The van der Waals surface area contributed by atoms with Crippen LogP contribution in [0.2, 0.25) is 0 Å². The molecule has 0 aromatic heterocycles. The molecule has 1 saturated heterocycles. The summed E-state index contributed by atoms with van der Waals surface area (Å²) in [6, 6.07) is 0.533. The van der Waals surface area contributed by atoms with Crippen molar-refractivity contribution in [3.8, 4) is 0 Å². The smallest absolute Gasteiger partial charge is 0.102 e. The molecule has 1 fully saturated rings. The molecule has 0 saturated carbocycles. The number of piperazine rings is 1. The SMILES string of the molecule is CN1CCN(C)C(CNCCF)C1. The van der Waals surface area contributed by atoms with Gasteiger partial charge in [-0.05, 0) is 14.1 Å². The molecule has 0 aromatic carbocycles. The molecule has 1 unspecified atom stereocenters. The van der Waals surface area contributed by atoms with Crippen LogP contribution in [0.5, 0.6) is 0 Å². The summed E-state index contributed by atoms with van der Waals surface area (Å²) in [4.78, 5) is 4.66. The molecule has 1 rings (SSSR count). The van der Waals surface area contributed by atoms with Gasteiger partial charge in [-0.1, -0.05) is 0 Å². The van der Waals surface area contributed by atoms with Gasteiger partial charge in [0.15, 0.2) is 0 Å². The Kier molecular flexibility index (Phi) is 4.62. The summed E-state index contributed by atoms with van der Waals surface area (Å²) in [5, 5.41) is 3.11. The predicted molar refractivity (Wildman–Crippen MR) is 52.8 cm³/mol. The van der Waals surface area contributed by atoms with Crippen molar-refractivity contribution in [1.82, 2.24) is 15.1 Å². The van der Waals surface area contributed by atoms with E-state index in [-0.39, 0.29) is 6.67 Å². The van der Waals surface area contributed by atoms with Gasteiger partial charge < -0.3 is 10.2 Å². The lowest BCUT2D eigenvalue weighted by molar-refractivity contribution is 0.113. The van der Waals surface area contributed by atoms with Crippen molar-refractivity contribution in [3.05, 3.63) is 0 Å². The highest BCUT2D eigenvalue weighted by Crippen LogP contribution is 2.04. The minimum Gasteiger partial charge on any atom is -0.313 e. The lowest BCUT2D eigenvalue weighted by atomic mass is 10.2. The summed E-state index contributed by atoms with van der Waals surface area (Å²) < 4.78 is 11.8. The average molecular weight is 189 g/mol. The first kappa shape index (κ1) is 10.9. The van der Waals surface area contributed by atoms with E-state index < -0.39 is 0 Å². The third-order valence-electron chi connectivity index (χ3n) is 2.63. The minimum atomic E-state index is -0.272. The van der Waals surface area contributed by atoms with Gasteiger partial charge in [0.2, 0.25) is 0 Å². The van der Waals surface area contributed by atoms with Crippen LogP contribution in [0, 0.1) is 0 Å². The van der Waals surface area contributed by atoms with Gasteiger partial charge in [-0.3, -0.25) is 4.90 Å². The molecule has 1 atom stereocenters. The normalized spacial score (nSPS) is 26.5. The highest BCUT2D eigenvalue weighted by atomic mass is 19.1. The lowest BCUT2D eigenvalue weighted by Gasteiger charge is -2.37. The highest BCUT2D eigenvalue weighted by Gasteiger charge is 2.21.